The molecule has 0 saturated heterocycles. The molecule has 1 aromatic rings. The van der Waals surface area contributed by atoms with Gasteiger partial charge in [-0.05, 0) is 18.9 Å². The molecule has 22 heavy (non-hydrogen) atoms. The lowest BCUT2D eigenvalue weighted by molar-refractivity contribution is -0.0505. The number of fused-ring (bicyclic) bond motifs is 1. The highest BCUT2D eigenvalue weighted by atomic mass is 19.3. The van der Waals surface area contributed by atoms with Crippen molar-refractivity contribution in [2.75, 3.05) is 13.8 Å². The third kappa shape index (κ3) is 3.49. The average molecular weight is 313 g/mol. The first-order valence-electron chi connectivity index (χ1n) is 7.00. The molecule has 2 N–H and O–H groups in total. The quantitative estimate of drug-likeness (QED) is 0.641. The van der Waals surface area contributed by atoms with E-state index in [1.807, 2.05) is 0 Å². The highest BCUT2D eigenvalue weighted by Gasteiger charge is 2.23. The zero-order valence-electron chi connectivity index (χ0n) is 12.1. The molecule has 1 heterocycles. The summed E-state index contributed by atoms with van der Waals surface area (Å²) in [5.74, 6) is 1.61. The number of nitrogens with zero attached hydrogens (tertiary/aromatic N) is 1. The van der Waals surface area contributed by atoms with Gasteiger partial charge in [-0.25, -0.2) is 0 Å². The maximum atomic E-state index is 12.5. The summed E-state index contributed by atoms with van der Waals surface area (Å²) < 4.78 is 40.1. The standard InChI is InChI=1S/C14H17F2N3O3/c1-17-14(19-9-2-3-9)18-6-8-4-11-12(21-7-20-11)5-10(8)22-13(15)16/h4-5,9,13H,2-3,6-7H2,1H3,(H2,17,18,19). The fourth-order valence-electron chi connectivity index (χ4n) is 2.10. The molecular weight excluding hydrogens is 296 g/mol. The zero-order valence-corrected chi connectivity index (χ0v) is 12.1. The van der Waals surface area contributed by atoms with Gasteiger partial charge in [0.1, 0.15) is 5.75 Å². The highest BCUT2D eigenvalue weighted by Crippen LogP contribution is 2.38. The van der Waals surface area contributed by atoms with Crippen LogP contribution in [0, 0.1) is 0 Å². The van der Waals surface area contributed by atoms with Crippen LogP contribution in [0.2, 0.25) is 0 Å². The predicted octanol–water partition coefficient (Wildman–Crippen LogP) is 1.84. The molecule has 1 fully saturated rings. The number of guanidine groups is 1. The van der Waals surface area contributed by atoms with Crippen molar-refractivity contribution in [1.29, 1.82) is 0 Å². The Morgan fingerprint density at radius 1 is 1.36 bits per heavy atom. The Bertz CT molecular complexity index is 577. The second-order valence-corrected chi connectivity index (χ2v) is 5.04. The molecule has 0 unspecified atom stereocenters. The smallest absolute Gasteiger partial charge is 0.387 e. The van der Waals surface area contributed by atoms with Crippen LogP contribution in [0.5, 0.6) is 17.2 Å². The summed E-state index contributed by atoms with van der Waals surface area (Å²) in [5.41, 5.74) is 0.545. The van der Waals surface area contributed by atoms with Gasteiger partial charge in [-0.2, -0.15) is 8.78 Å². The molecule has 1 aliphatic heterocycles. The van der Waals surface area contributed by atoms with Gasteiger partial charge < -0.3 is 24.8 Å². The third-order valence-electron chi connectivity index (χ3n) is 3.36. The first-order chi connectivity index (χ1) is 10.7. The van der Waals surface area contributed by atoms with Crippen molar-refractivity contribution in [2.45, 2.75) is 32.0 Å². The van der Waals surface area contributed by atoms with Crippen LogP contribution >= 0.6 is 0 Å². The second-order valence-electron chi connectivity index (χ2n) is 5.04. The molecule has 3 rings (SSSR count). The lowest BCUT2D eigenvalue weighted by atomic mass is 10.1. The first kappa shape index (κ1) is 14.7. The van der Waals surface area contributed by atoms with Crippen LogP contribution in [0.1, 0.15) is 18.4 Å². The fourth-order valence-corrected chi connectivity index (χ4v) is 2.10. The minimum Gasteiger partial charge on any atom is -0.454 e. The molecule has 0 aromatic heterocycles. The van der Waals surface area contributed by atoms with Gasteiger partial charge in [-0.15, -0.1) is 0 Å². The zero-order chi connectivity index (χ0) is 15.5. The van der Waals surface area contributed by atoms with Crippen molar-refractivity contribution >= 4 is 5.96 Å². The van der Waals surface area contributed by atoms with Crippen LogP contribution in [-0.2, 0) is 6.54 Å². The van der Waals surface area contributed by atoms with Gasteiger partial charge in [0, 0.05) is 31.3 Å². The van der Waals surface area contributed by atoms with E-state index in [1.54, 1.807) is 13.1 Å². The van der Waals surface area contributed by atoms with Crippen LogP contribution < -0.4 is 24.8 Å². The number of nitrogens with one attached hydrogen (secondary N) is 2. The first-order valence-corrected chi connectivity index (χ1v) is 7.00. The molecule has 0 amide bonds. The molecule has 0 spiro atoms. The van der Waals surface area contributed by atoms with E-state index < -0.39 is 6.61 Å². The Morgan fingerprint density at radius 2 is 2.09 bits per heavy atom. The summed E-state index contributed by atoms with van der Waals surface area (Å²) in [6, 6.07) is 3.50. The monoisotopic (exact) mass is 313 g/mol. The molecule has 120 valence electrons. The molecule has 1 saturated carbocycles. The predicted molar refractivity (Wildman–Crippen MR) is 75.6 cm³/mol. The number of halogens is 2. The largest absolute Gasteiger partial charge is 0.454 e. The van der Waals surface area contributed by atoms with E-state index in [9.17, 15) is 8.78 Å². The molecule has 2 aliphatic rings. The van der Waals surface area contributed by atoms with Gasteiger partial charge in [0.15, 0.2) is 17.5 Å². The van der Waals surface area contributed by atoms with Gasteiger partial charge in [0.25, 0.3) is 0 Å². The Hall–Kier alpha value is -2.25. The minimum atomic E-state index is -2.90. The number of rotatable bonds is 5. The van der Waals surface area contributed by atoms with Crippen molar-refractivity contribution in [3.8, 4) is 17.2 Å². The van der Waals surface area contributed by atoms with Crippen LogP contribution in [0.4, 0.5) is 8.78 Å². The Morgan fingerprint density at radius 3 is 2.73 bits per heavy atom. The molecule has 1 aliphatic carbocycles. The van der Waals surface area contributed by atoms with Gasteiger partial charge in [-0.3, -0.25) is 4.99 Å². The molecule has 8 heteroatoms. The maximum Gasteiger partial charge on any atom is 0.387 e. The lowest BCUT2D eigenvalue weighted by Crippen LogP contribution is -2.38. The average Bonchev–Trinajstić information content (AvgIpc) is 3.19. The van der Waals surface area contributed by atoms with Crippen molar-refractivity contribution < 1.29 is 23.0 Å². The number of ether oxygens (including phenoxy) is 3. The van der Waals surface area contributed by atoms with E-state index in [2.05, 4.69) is 20.4 Å². The molecule has 1 aromatic carbocycles. The summed E-state index contributed by atoms with van der Waals surface area (Å²) in [4.78, 5) is 4.10. The summed E-state index contributed by atoms with van der Waals surface area (Å²) in [6.45, 7) is -2.54. The van der Waals surface area contributed by atoms with Crippen LogP contribution in [0.3, 0.4) is 0 Å². The number of hydrogen-bond acceptors (Lipinski definition) is 4. The van der Waals surface area contributed by atoms with Gasteiger partial charge in [-0.1, -0.05) is 0 Å². The molecule has 6 nitrogen and oxygen atoms in total. The van der Waals surface area contributed by atoms with E-state index in [0.29, 0.717) is 29.1 Å². The number of aliphatic imine (C=N–C) groups is 1. The van der Waals surface area contributed by atoms with E-state index in [1.165, 1.54) is 6.07 Å². The highest BCUT2D eigenvalue weighted by molar-refractivity contribution is 5.80. The summed E-state index contributed by atoms with van der Waals surface area (Å²) in [7, 11) is 1.66. The normalized spacial score (nSPS) is 16.8. The molecule has 0 radical (unpaired) electrons. The van der Waals surface area contributed by atoms with Crippen molar-refractivity contribution in [3.63, 3.8) is 0 Å². The molecular formula is C14H17F2N3O3. The maximum absolute atomic E-state index is 12.5. The van der Waals surface area contributed by atoms with E-state index >= 15 is 0 Å². The Balaban J connectivity index is 1.72. The SMILES string of the molecule is CN=C(NCc1cc2c(cc1OC(F)F)OCO2)NC1CC1. The van der Waals surface area contributed by atoms with Crippen LogP contribution in [0.25, 0.3) is 0 Å². The van der Waals surface area contributed by atoms with E-state index in [0.717, 1.165) is 12.8 Å². The second kappa shape index (κ2) is 6.25. The van der Waals surface area contributed by atoms with Crippen molar-refractivity contribution in [2.24, 2.45) is 4.99 Å². The Kier molecular flexibility index (Phi) is 4.17. The number of benzene rings is 1. The van der Waals surface area contributed by atoms with E-state index in [-0.39, 0.29) is 19.1 Å². The van der Waals surface area contributed by atoms with E-state index in [4.69, 9.17) is 9.47 Å². The van der Waals surface area contributed by atoms with Crippen molar-refractivity contribution in [3.05, 3.63) is 17.7 Å². The van der Waals surface area contributed by atoms with Gasteiger partial charge >= 0.3 is 6.61 Å². The minimum absolute atomic E-state index is 0.0635. The van der Waals surface area contributed by atoms with Gasteiger partial charge in [0.05, 0.1) is 0 Å². The van der Waals surface area contributed by atoms with Gasteiger partial charge in [0.2, 0.25) is 6.79 Å². The topological polar surface area (TPSA) is 64.1 Å². The summed E-state index contributed by atoms with van der Waals surface area (Å²) in [6.07, 6.45) is 2.23. The van der Waals surface area contributed by atoms with Crippen molar-refractivity contribution in [1.82, 2.24) is 10.6 Å². The molecule has 0 atom stereocenters. The van der Waals surface area contributed by atoms with Crippen LogP contribution in [-0.4, -0.2) is 32.5 Å². The summed E-state index contributed by atoms with van der Waals surface area (Å²) >= 11 is 0. The van der Waals surface area contributed by atoms with Crippen LogP contribution in [0.15, 0.2) is 17.1 Å². The Labute approximate surface area is 126 Å². The number of alkyl halides is 2. The lowest BCUT2D eigenvalue weighted by Gasteiger charge is -2.15. The number of hydrogen-bond donors (Lipinski definition) is 2. The molecule has 0 bridgehead atoms. The fraction of sp³-hybridized carbons (Fsp3) is 0.500. The summed E-state index contributed by atoms with van der Waals surface area (Å²) in [5, 5.41) is 6.30. The third-order valence-corrected chi connectivity index (χ3v) is 3.36.